The van der Waals surface area contributed by atoms with Crippen molar-refractivity contribution in [2.45, 2.75) is 0 Å². The van der Waals surface area contributed by atoms with Crippen LogP contribution < -0.4 is 0 Å². The van der Waals surface area contributed by atoms with E-state index >= 15 is 0 Å². The van der Waals surface area contributed by atoms with Gasteiger partial charge in [-0.05, 0) is 104 Å². The van der Waals surface area contributed by atoms with E-state index in [-0.39, 0.29) is 0 Å². The molecule has 0 aliphatic carbocycles. The van der Waals surface area contributed by atoms with E-state index in [9.17, 15) is 0 Å². The van der Waals surface area contributed by atoms with Gasteiger partial charge in [-0.1, -0.05) is 146 Å². The molecule has 0 saturated heterocycles. The second kappa shape index (κ2) is 12.2. The molecule has 3 heterocycles. The number of nitrogens with zero attached hydrogens (tertiary/aromatic N) is 2. The molecule has 0 spiro atoms. The molecule has 11 aromatic carbocycles. The number of furan rings is 1. The molecule has 61 heavy (non-hydrogen) atoms. The van der Waals surface area contributed by atoms with Crippen LogP contribution in [0.1, 0.15) is 0 Å². The first-order chi connectivity index (χ1) is 30.2. The van der Waals surface area contributed by atoms with Gasteiger partial charge in [-0.2, -0.15) is 0 Å². The van der Waals surface area contributed by atoms with Crippen LogP contribution in [0.15, 0.2) is 211 Å². The Labute approximate surface area is 349 Å². The normalized spacial score (nSPS) is 12.3. The van der Waals surface area contributed by atoms with E-state index in [0.29, 0.717) is 0 Å². The van der Waals surface area contributed by atoms with Crippen molar-refractivity contribution in [3.05, 3.63) is 206 Å². The Hall–Kier alpha value is -8.14. The number of rotatable bonds is 3. The summed E-state index contributed by atoms with van der Waals surface area (Å²) in [6, 6.07) is 75.7. The van der Waals surface area contributed by atoms with Crippen LogP contribution in [0, 0.1) is 0 Å². The minimum atomic E-state index is 0.898. The van der Waals surface area contributed by atoms with Gasteiger partial charge < -0.3 is 13.6 Å². The Balaban J connectivity index is 1.11. The molecular weight excluding hydrogens is 741 g/mol. The number of aromatic nitrogens is 2. The van der Waals surface area contributed by atoms with Crippen LogP contribution in [0.5, 0.6) is 0 Å². The fourth-order valence-corrected chi connectivity index (χ4v) is 10.5. The van der Waals surface area contributed by atoms with E-state index in [0.717, 1.165) is 38.9 Å². The van der Waals surface area contributed by atoms with Crippen molar-refractivity contribution < 1.29 is 4.42 Å². The molecule has 0 aliphatic rings. The monoisotopic (exact) mass is 774 g/mol. The zero-order valence-electron chi connectivity index (χ0n) is 32.9. The second-order valence-electron chi connectivity index (χ2n) is 16.4. The number of fused-ring (bicyclic) bond motifs is 16. The molecule has 3 heteroatoms. The summed E-state index contributed by atoms with van der Waals surface area (Å²) in [7, 11) is 0. The Morgan fingerprint density at radius 3 is 1.51 bits per heavy atom. The average Bonchev–Trinajstić information content (AvgIpc) is 3.98. The number of benzene rings is 11. The number of hydrogen-bond acceptors (Lipinski definition) is 1. The van der Waals surface area contributed by atoms with Crippen LogP contribution in [-0.4, -0.2) is 9.13 Å². The molecule has 3 nitrogen and oxygen atoms in total. The van der Waals surface area contributed by atoms with Gasteiger partial charge >= 0.3 is 0 Å². The summed E-state index contributed by atoms with van der Waals surface area (Å²) in [6.45, 7) is 0. The van der Waals surface area contributed by atoms with Crippen molar-refractivity contribution in [3.63, 3.8) is 0 Å². The summed E-state index contributed by atoms with van der Waals surface area (Å²) in [5.74, 6) is 0. The predicted octanol–water partition coefficient (Wildman–Crippen LogP) is 16.1. The van der Waals surface area contributed by atoms with Gasteiger partial charge in [-0.25, -0.2) is 0 Å². The Morgan fingerprint density at radius 1 is 0.295 bits per heavy atom. The fraction of sp³-hybridized carbons (Fsp3) is 0. The molecule has 14 aromatic rings. The van der Waals surface area contributed by atoms with Crippen LogP contribution in [0.4, 0.5) is 0 Å². The van der Waals surface area contributed by atoms with E-state index in [1.807, 2.05) is 0 Å². The molecule has 0 fully saturated rings. The van der Waals surface area contributed by atoms with Crippen LogP contribution >= 0.6 is 0 Å². The predicted molar refractivity (Wildman–Crippen MR) is 258 cm³/mol. The lowest BCUT2D eigenvalue weighted by molar-refractivity contribution is 0.669. The first-order valence-electron chi connectivity index (χ1n) is 21.0. The molecule has 3 aromatic heterocycles. The third-order valence-corrected chi connectivity index (χ3v) is 13.2. The van der Waals surface area contributed by atoms with E-state index in [1.165, 1.54) is 92.3 Å². The third-order valence-electron chi connectivity index (χ3n) is 13.2. The zero-order valence-corrected chi connectivity index (χ0v) is 32.9. The highest BCUT2D eigenvalue weighted by Crippen LogP contribution is 2.46. The topological polar surface area (TPSA) is 23.0 Å². The zero-order chi connectivity index (χ0) is 39.8. The molecule has 0 radical (unpaired) electrons. The van der Waals surface area contributed by atoms with Gasteiger partial charge in [0.2, 0.25) is 0 Å². The summed E-state index contributed by atoms with van der Waals surface area (Å²) in [4.78, 5) is 0. The minimum Gasteiger partial charge on any atom is -0.456 e. The summed E-state index contributed by atoms with van der Waals surface area (Å²) in [6.07, 6.45) is 0. The van der Waals surface area contributed by atoms with Gasteiger partial charge in [0.1, 0.15) is 11.2 Å². The van der Waals surface area contributed by atoms with Crippen LogP contribution in [0.25, 0.3) is 131 Å². The third kappa shape index (κ3) is 4.58. The van der Waals surface area contributed by atoms with Gasteiger partial charge in [0.25, 0.3) is 0 Å². The van der Waals surface area contributed by atoms with Crippen molar-refractivity contribution in [1.29, 1.82) is 0 Å². The molecule has 0 unspecified atom stereocenters. The molecular formula is C58H34N2O. The summed E-state index contributed by atoms with van der Waals surface area (Å²) in [5.41, 5.74) is 11.3. The Bertz CT molecular complexity index is 4160. The summed E-state index contributed by atoms with van der Waals surface area (Å²) < 4.78 is 11.5. The van der Waals surface area contributed by atoms with Crippen molar-refractivity contribution in [2.75, 3.05) is 0 Å². The maximum absolute atomic E-state index is 6.47. The Kier molecular flexibility index (Phi) is 6.56. The quantitative estimate of drug-likeness (QED) is 0.175. The molecule has 0 amide bonds. The Morgan fingerprint density at radius 2 is 0.836 bits per heavy atom. The molecule has 0 aliphatic heterocycles. The van der Waals surface area contributed by atoms with E-state index in [2.05, 4.69) is 215 Å². The number of para-hydroxylation sites is 1. The van der Waals surface area contributed by atoms with Gasteiger partial charge in [-0.15, -0.1) is 0 Å². The summed E-state index contributed by atoms with van der Waals surface area (Å²) in [5, 5.41) is 17.0. The number of hydrogen-bond donors (Lipinski definition) is 0. The van der Waals surface area contributed by atoms with Gasteiger partial charge in [0.15, 0.2) is 0 Å². The maximum atomic E-state index is 6.47. The van der Waals surface area contributed by atoms with Crippen molar-refractivity contribution >= 4 is 109 Å². The minimum absolute atomic E-state index is 0.898. The fourth-order valence-electron chi connectivity index (χ4n) is 10.5. The summed E-state index contributed by atoms with van der Waals surface area (Å²) >= 11 is 0. The standard InChI is InChI=1S/C58H34N2O/c1-2-17-41(18-3-1)59-51-27-28-52-56(55(51)46-25-22-35-12-6-10-20-44(35)57(46)59)47-26-23-36-13-7-11-21-45(36)58(47)60(52)42-30-39-16-8-9-19-43(39)48(34-42)40-24-29-53-49(32-40)50-31-37-14-4-5-15-38(37)33-54(50)61-53/h1-34H. The van der Waals surface area contributed by atoms with Crippen molar-refractivity contribution in [2.24, 2.45) is 0 Å². The van der Waals surface area contributed by atoms with Crippen LogP contribution in [0.2, 0.25) is 0 Å². The second-order valence-corrected chi connectivity index (χ2v) is 16.4. The molecule has 0 bridgehead atoms. The smallest absolute Gasteiger partial charge is 0.136 e. The van der Waals surface area contributed by atoms with E-state index in [4.69, 9.17) is 4.42 Å². The highest BCUT2D eigenvalue weighted by molar-refractivity contribution is 6.33. The highest BCUT2D eigenvalue weighted by Gasteiger charge is 2.24. The van der Waals surface area contributed by atoms with Crippen molar-refractivity contribution in [3.8, 4) is 22.5 Å². The van der Waals surface area contributed by atoms with Crippen molar-refractivity contribution in [1.82, 2.24) is 9.13 Å². The van der Waals surface area contributed by atoms with E-state index in [1.54, 1.807) is 0 Å². The molecule has 0 N–H and O–H groups in total. The first-order valence-corrected chi connectivity index (χ1v) is 21.0. The average molecular weight is 775 g/mol. The lowest BCUT2D eigenvalue weighted by atomic mass is 9.95. The SMILES string of the molecule is c1ccc(-n2c3ccc4c(c5ccc6ccccc6c5n4-c4cc(-c5ccc6oc7cc8ccccc8cc7c6c5)c5ccccc5c4)c3c3ccc4ccccc4c32)cc1. The molecule has 0 atom stereocenters. The lowest BCUT2D eigenvalue weighted by Gasteiger charge is -2.15. The molecule has 0 saturated carbocycles. The maximum Gasteiger partial charge on any atom is 0.136 e. The van der Waals surface area contributed by atoms with Gasteiger partial charge in [0.05, 0.1) is 22.1 Å². The highest BCUT2D eigenvalue weighted by atomic mass is 16.3. The van der Waals surface area contributed by atoms with Gasteiger partial charge in [-0.3, -0.25) is 0 Å². The first kappa shape index (κ1) is 32.8. The van der Waals surface area contributed by atoms with Gasteiger partial charge in [0, 0.05) is 54.5 Å². The molecule has 14 rings (SSSR count). The largest absolute Gasteiger partial charge is 0.456 e. The lowest BCUT2D eigenvalue weighted by Crippen LogP contribution is -1.97. The van der Waals surface area contributed by atoms with Crippen LogP contribution in [-0.2, 0) is 0 Å². The van der Waals surface area contributed by atoms with E-state index < -0.39 is 0 Å². The molecule has 282 valence electrons. The van der Waals surface area contributed by atoms with Crippen LogP contribution in [0.3, 0.4) is 0 Å².